The summed E-state index contributed by atoms with van der Waals surface area (Å²) in [6.45, 7) is 5.63. The SMILES string of the molecule is COc1ccc(-c2cnc(C)o2)cc1S(=O)(=O)Nc1ccc(C)c(C)c1. The summed E-state index contributed by atoms with van der Waals surface area (Å²) in [5, 5.41) is 0. The summed E-state index contributed by atoms with van der Waals surface area (Å²) in [6, 6.07) is 10.2. The summed E-state index contributed by atoms with van der Waals surface area (Å²) in [5.41, 5.74) is 3.19. The minimum absolute atomic E-state index is 0.0322. The minimum Gasteiger partial charge on any atom is -0.495 e. The monoisotopic (exact) mass is 372 g/mol. The van der Waals surface area contributed by atoms with Crippen LogP contribution in [0, 0.1) is 20.8 Å². The van der Waals surface area contributed by atoms with Gasteiger partial charge in [0.05, 0.1) is 13.3 Å². The summed E-state index contributed by atoms with van der Waals surface area (Å²) < 4.78 is 39.2. The molecule has 0 saturated carbocycles. The molecule has 0 radical (unpaired) electrons. The van der Waals surface area contributed by atoms with Gasteiger partial charge in [0.2, 0.25) is 0 Å². The van der Waals surface area contributed by atoms with Crippen molar-refractivity contribution in [3.05, 3.63) is 59.6 Å². The molecule has 0 amide bonds. The average molecular weight is 372 g/mol. The fraction of sp³-hybridized carbons (Fsp3) is 0.211. The Kier molecular flexibility index (Phi) is 4.73. The molecule has 7 heteroatoms. The molecule has 136 valence electrons. The van der Waals surface area contributed by atoms with Gasteiger partial charge in [-0.3, -0.25) is 4.72 Å². The van der Waals surface area contributed by atoms with Crippen LogP contribution in [0.1, 0.15) is 17.0 Å². The highest BCUT2D eigenvalue weighted by molar-refractivity contribution is 7.92. The number of nitrogens with zero attached hydrogens (tertiary/aromatic N) is 1. The van der Waals surface area contributed by atoms with Crippen LogP contribution < -0.4 is 9.46 Å². The average Bonchev–Trinajstić information content (AvgIpc) is 3.04. The number of aryl methyl sites for hydroxylation is 3. The van der Waals surface area contributed by atoms with Crippen LogP contribution in [-0.2, 0) is 10.0 Å². The fourth-order valence-electron chi connectivity index (χ4n) is 2.55. The molecule has 0 unspecified atom stereocenters. The normalized spacial score (nSPS) is 11.4. The van der Waals surface area contributed by atoms with Crippen LogP contribution in [0.3, 0.4) is 0 Å². The molecule has 1 aromatic heterocycles. The minimum atomic E-state index is -3.85. The second kappa shape index (κ2) is 6.84. The van der Waals surface area contributed by atoms with Gasteiger partial charge in [-0.25, -0.2) is 13.4 Å². The fourth-order valence-corrected chi connectivity index (χ4v) is 3.80. The Morgan fingerprint density at radius 3 is 2.42 bits per heavy atom. The van der Waals surface area contributed by atoms with Crippen molar-refractivity contribution < 1.29 is 17.6 Å². The highest BCUT2D eigenvalue weighted by Crippen LogP contribution is 2.31. The molecule has 0 bridgehead atoms. The number of rotatable bonds is 5. The predicted octanol–water partition coefficient (Wildman–Crippen LogP) is 4.08. The highest BCUT2D eigenvalue weighted by Gasteiger charge is 2.21. The van der Waals surface area contributed by atoms with Crippen molar-refractivity contribution in [2.24, 2.45) is 0 Å². The second-order valence-corrected chi connectivity index (χ2v) is 7.66. The van der Waals surface area contributed by atoms with Gasteiger partial charge in [0.15, 0.2) is 11.7 Å². The van der Waals surface area contributed by atoms with Gasteiger partial charge >= 0.3 is 0 Å². The van der Waals surface area contributed by atoms with Crippen molar-refractivity contribution >= 4 is 15.7 Å². The molecule has 0 saturated heterocycles. The quantitative estimate of drug-likeness (QED) is 0.730. The lowest BCUT2D eigenvalue weighted by Gasteiger charge is -2.13. The number of hydrogen-bond acceptors (Lipinski definition) is 5. The first-order valence-corrected chi connectivity index (χ1v) is 9.49. The van der Waals surface area contributed by atoms with Gasteiger partial charge in [0.1, 0.15) is 10.6 Å². The second-order valence-electron chi connectivity index (χ2n) is 6.01. The van der Waals surface area contributed by atoms with Gasteiger partial charge in [-0.05, 0) is 55.3 Å². The van der Waals surface area contributed by atoms with Crippen molar-refractivity contribution in [2.75, 3.05) is 11.8 Å². The first kappa shape index (κ1) is 18.0. The number of aromatic nitrogens is 1. The lowest BCUT2D eigenvalue weighted by atomic mass is 10.1. The summed E-state index contributed by atoms with van der Waals surface area (Å²) in [4.78, 5) is 4.08. The number of oxazole rings is 1. The topological polar surface area (TPSA) is 81.4 Å². The van der Waals surface area contributed by atoms with E-state index in [-0.39, 0.29) is 10.6 Å². The molecule has 2 aromatic carbocycles. The summed E-state index contributed by atoms with van der Waals surface area (Å²) in [5.74, 6) is 1.25. The zero-order chi connectivity index (χ0) is 18.9. The summed E-state index contributed by atoms with van der Waals surface area (Å²) in [7, 11) is -2.41. The third kappa shape index (κ3) is 3.57. The number of sulfonamides is 1. The van der Waals surface area contributed by atoms with Crippen molar-refractivity contribution in [3.63, 3.8) is 0 Å². The smallest absolute Gasteiger partial charge is 0.265 e. The number of anilines is 1. The largest absolute Gasteiger partial charge is 0.495 e. The molecule has 1 heterocycles. The molecule has 3 rings (SSSR count). The van der Waals surface area contributed by atoms with E-state index in [1.807, 2.05) is 19.9 Å². The standard InChI is InChI=1S/C19H20N2O4S/c1-12-5-7-16(9-13(12)2)21-26(22,23)19-10-15(6-8-17(19)24-4)18-11-20-14(3)25-18/h5-11,21H,1-4H3. The summed E-state index contributed by atoms with van der Waals surface area (Å²) >= 11 is 0. The van der Waals surface area contributed by atoms with E-state index >= 15 is 0 Å². The van der Waals surface area contributed by atoms with Crippen LogP contribution in [0.25, 0.3) is 11.3 Å². The molecule has 0 aliphatic heterocycles. The van der Waals surface area contributed by atoms with Crippen LogP contribution in [-0.4, -0.2) is 20.5 Å². The van der Waals surface area contributed by atoms with Gasteiger partial charge in [-0.1, -0.05) is 6.07 Å². The maximum Gasteiger partial charge on any atom is 0.265 e. The van der Waals surface area contributed by atoms with Crippen molar-refractivity contribution in [3.8, 4) is 17.1 Å². The Hall–Kier alpha value is -2.80. The molecule has 0 aliphatic rings. The van der Waals surface area contributed by atoms with E-state index in [1.54, 1.807) is 37.4 Å². The van der Waals surface area contributed by atoms with Crippen LogP contribution in [0.4, 0.5) is 5.69 Å². The predicted molar refractivity (Wildman–Crippen MR) is 100.0 cm³/mol. The lowest BCUT2D eigenvalue weighted by molar-refractivity contribution is 0.403. The van der Waals surface area contributed by atoms with Gasteiger partial charge in [0, 0.05) is 18.2 Å². The first-order chi connectivity index (χ1) is 12.3. The number of ether oxygens (including phenoxy) is 1. The molecule has 0 aliphatic carbocycles. The van der Waals surface area contributed by atoms with Crippen LogP contribution in [0.2, 0.25) is 0 Å². The van der Waals surface area contributed by atoms with E-state index in [0.717, 1.165) is 11.1 Å². The van der Waals surface area contributed by atoms with Crippen LogP contribution in [0.5, 0.6) is 5.75 Å². The molecule has 1 N–H and O–H groups in total. The molecule has 3 aromatic rings. The number of benzene rings is 2. The van der Waals surface area contributed by atoms with Gasteiger partial charge < -0.3 is 9.15 Å². The molecule has 0 fully saturated rings. The molecule has 26 heavy (non-hydrogen) atoms. The number of methoxy groups -OCH3 is 1. The molecule has 0 atom stereocenters. The van der Waals surface area contributed by atoms with E-state index in [9.17, 15) is 8.42 Å². The molecule has 0 spiro atoms. The third-order valence-electron chi connectivity index (χ3n) is 4.12. The zero-order valence-electron chi connectivity index (χ0n) is 15.0. The Morgan fingerprint density at radius 2 is 1.81 bits per heavy atom. The van der Waals surface area contributed by atoms with E-state index in [4.69, 9.17) is 9.15 Å². The Balaban J connectivity index is 2.03. The van der Waals surface area contributed by atoms with Crippen molar-refractivity contribution in [1.29, 1.82) is 0 Å². The lowest BCUT2D eigenvalue weighted by Crippen LogP contribution is -2.14. The van der Waals surface area contributed by atoms with Gasteiger partial charge in [-0.15, -0.1) is 0 Å². The van der Waals surface area contributed by atoms with Gasteiger partial charge in [-0.2, -0.15) is 0 Å². The first-order valence-electron chi connectivity index (χ1n) is 8.01. The van der Waals surface area contributed by atoms with Crippen LogP contribution in [0.15, 0.2) is 51.9 Å². The zero-order valence-corrected chi connectivity index (χ0v) is 15.8. The molecular weight excluding hydrogens is 352 g/mol. The maximum atomic E-state index is 12.9. The Labute approximate surface area is 152 Å². The Bertz CT molecular complexity index is 1060. The highest BCUT2D eigenvalue weighted by atomic mass is 32.2. The summed E-state index contributed by atoms with van der Waals surface area (Å²) in [6.07, 6.45) is 1.56. The third-order valence-corrected chi connectivity index (χ3v) is 5.52. The van der Waals surface area contributed by atoms with Crippen molar-refractivity contribution in [1.82, 2.24) is 4.98 Å². The van der Waals surface area contributed by atoms with Crippen LogP contribution >= 0.6 is 0 Å². The van der Waals surface area contributed by atoms with Gasteiger partial charge in [0.25, 0.3) is 10.0 Å². The van der Waals surface area contributed by atoms with E-state index in [1.165, 1.54) is 13.2 Å². The molecular formula is C19H20N2O4S. The van der Waals surface area contributed by atoms with E-state index in [2.05, 4.69) is 9.71 Å². The number of nitrogens with one attached hydrogen (secondary N) is 1. The number of hydrogen-bond donors (Lipinski definition) is 1. The maximum absolute atomic E-state index is 12.9. The van der Waals surface area contributed by atoms with E-state index < -0.39 is 10.0 Å². The Morgan fingerprint density at radius 1 is 1.04 bits per heavy atom. The van der Waals surface area contributed by atoms with E-state index in [0.29, 0.717) is 22.9 Å². The van der Waals surface area contributed by atoms with Crippen molar-refractivity contribution in [2.45, 2.75) is 25.7 Å². The molecule has 6 nitrogen and oxygen atoms in total.